The monoisotopic (exact) mass is 262 g/mol. The number of amides is 1. The summed E-state index contributed by atoms with van der Waals surface area (Å²) in [6.07, 6.45) is 2.55. The molecule has 0 bridgehead atoms. The Hall–Kier alpha value is -1.42. The number of hydrogen-bond acceptors (Lipinski definition) is 2. The number of para-hydroxylation sites is 1. The highest BCUT2D eigenvalue weighted by molar-refractivity contribution is 7.80. The fourth-order valence-electron chi connectivity index (χ4n) is 2.43. The predicted molar refractivity (Wildman–Crippen MR) is 77.7 cm³/mol. The number of carbonyl (C=O) groups excluding carboxylic acids is 1. The molecule has 4 heteroatoms. The molecular formula is C14H18N2OS. The second-order valence-electron chi connectivity index (χ2n) is 4.61. The highest BCUT2D eigenvalue weighted by Gasteiger charge is 2.30. The highest BCUT2D eigenvalue weighted by Crippen LogP contribution is 2.29. The van der Waals surface area contributed by atoms with Gasteiger partial charge in [-0.25, -0.2) is 0 Å². The second kappa shape index (κ2) is 5.48. The zero-order valence-electron chi connectivity index (χ0n) is 10.6. The average molecular weight is 262 g/mol. The molecular weight excluding hydrogens is 244 g/mol. The minimum atomic E-state index is -0.323. The number of fused-ring (bicyclic) bond motifs is 1. The SMILES string of the molecule is CCCC(C(=O)N1CCc2ccccc21)C(N)=S. The van der Waals surface area contributed by atoms with Crippen molar-refractivity contribution in [3.05, 3.63) is 29.8 Å². The number of anilines is 1. The molecule has 1 atom stereocenters. The summed E-state index contributed by atoms with van der Waals surface area (Å²) in [5.74, 6) is -0.273. The number of rotatable bonds is 4. The summed E-state index contributed by atoms with van der Waals surface area (Å²) >= 11 is 5.02. The van der Waals surface area contributed by atoms with E-state index in [1.54, 1.807) is 0 Å². The van der Waals surface area contributed by atoms with Gasteiger partial charge in [-0.05, 0) is 24.5 Å². The topological polar surface area (TPSA) is 46.3 Å². The molecule has 1 amide bonds. The summed E-state index contributed by atoms with van der Waals surface area (Å²) in [6.45, 7) is 2.78. The molecule has 1 aliphatic heterocycles. The van der Waals surface area contributed by atoms with Gasteiger partial charge in [-0.2, -0.15) is 0 Å². The van der Waals surface area contributed by atoms with Crippen LogP contribution in [0.4, 0.5) is 5.69 Å². The maximum absolute atomic E-state index is 12.5. The molecule has 0 aliphatic carbocycles. The molecule has 1 heterocycles. The molecule has 2 N–H and O–H groups in total. The maximum Gasteiger partial charge on any atom is 0.236 e. The van der Waals surface area contributed by atoms with Crippen LogP contribution in [0.2, 0.25) is 0 Å². The summed E-state index contributed by atoms with van der Waals surface area (Å²) in [6, 6.07) is 8.02. The average Bonchev–Trinajstić information content (AvgIpc) is 2.78. The first-order chi connectivity index (χ1) is 8.65. The van der Waals surface area contributed by atoms with Gasteiger partial charge in [-0.1, -0.05) is 43.8 Å². The molecule has 1 aliphatic rings. The lowest BCUT2D eigenvalue weighted by molar-refractivity contribution is -0.120. The molecule has 18 heavy (non-hydrogen) atoms. The van der Waals surface area contributed by atoms with Crippen molar-refractivity contribution in [1.29, 1.82) is 0 Å². The minimum absolute atomic E-state index is 0.0503. The first kappa shape index (κ1) is 13.0. The van der Waals surface area contributed by atoms with Crippen LogP contribution >= 0.6 is 12.2 Å². The van der Waals surface area contributed by atoms with E-state index in [4.69, 9.17) is 18.0 Å². The van der Waals surface area contributed by atoms with Crippen LogP contribution in [0.3, 0.4) is 0 Å². The van der Waals surface area contributed by atoms with Crippen LogP contribution in [0.15, 0.2) is 24.3 Å². The first-order valence-corrected chi connectivity index (χ1v) is 6.74. The number of nitrogens with two attached hydrogens (primary N) is 1. The molecule has 0 spiro atoms. The van der Waals surface area contributed by atoms with Crippen molar-refractivity contribution in [2.24, 2.45) is 11.7 Å². The fraction of sp³-hybridized carbons (Fsp3) is 0.429. The van der Waals surface area contributed by atoms with E-state index in [-0.39, 0.29) is 11.8 Å². The van der Waals surface area contributed by atoms with Crippen LogP contribution < -0.4 is 10.6 Å². The van der Waals surface area contributed by atoms with Crippen molar-refractivity contribution in [3.8, 4) is 0 Å². The second-order valence-corrected chi connectivity index (χ2v) is 5.08. The molecule has 0 saturated carbocycles. The third kappa shape index (κ3) is 2.38. The zero-order chi connectivity index (χ0) is 13.1. The van der Waals surface area contributed by atoms with Crippen LogP contribution in [0.5, 0.6) is 0 Å². The Morgan fingerprint density at radius 3 is 2.89 bits per heavy atom. The predicted octanol–water partition coefficient (Wildman–Crippen LogP) is 2.28. The standard InChI is InChI=1S/C14H18N2OS/c1-2-5-11(13(15)18)14(17)16-9-8-10-6-3-4-7-12(10)16/h3-4,6-7,11H,2,5,8-9H2,1H3,(H2,15,18). The lowest BCUT2D eigenvalue weighted by Crippen LogP contribution is -2.40. The molecule has 1 unspecified atom stereocenters. The maximum atomic E-state index is 12.5. The van der Waals surface area contributed by atoms with Crippen molar-refractivity contribution in [2.75, 3.05) is 11.4 Å². The Balaban J connectivity index is 2.22. The molecule has 1 aromatic rings. The number of carbonyl (C=O) groups is 1. The van der Waals surface area contributed by atoms with Gasteiger partial charge in [-0.3, -0.25) is 4.79 Å². The van der Waals surface area contributed by atoms with Crippen LogP contribution in [0.1, 0.15) is 25.3 Å². The van der Waals surface area contributed by atoms with E-state index in [0.717, 1.165) is 31.5 Å². The van der Waals surface area contributed by atoms with Gasteiger partial charge in [0.15, 0.2) is 0 Å². The van der Waals surface area contributed by atoms with E-state index in [2.05, 4.69) is 6.07 Å². The Morgan fingerprint density at radius 1 is 1.50 bits per heavy atom. The summed E-state index contributed by atoms with van der Waals surface area (Å²) in [5, 5.41) is 0. The Morgan fingerprint density at radius 2 is 2.22 bits per heavy atom. The van der Waals surface area contributed by atoms with Gasteiger partial charge in [0.1, 0.15) is 0 Å². The van der Waals surface area contributed by atoms with Gasteiger partial charge in [0.2, 0.25) is 5.91 Å². The Kier molecular flexibility index (Phi) is 3.97. The Bertz CT molecular complexity index is 473. The number of benzene rings is 1. The molecule has 0 aromatic heterocycles. The van der Waals surface area contributed by atoms with Crippen molar-refractivity contribution in [2.45, 2.75) is 26.2 Å². The molecule has 1 aromatic carbocycles. The third-order valence-corrected chi connectivity index (χ3v) is 3.66. The van der Waals surface area contributed by atoms with E-state index in [0.29, 0.717) is 4.99 Å². The number of nitrogens with zero attached hydrogens (tertiary/aromatic N) is 1. The third-order valence-electron chi connectivity index (χ3n) is 3.37. The summed E-state index contributed by atoms with van der Waals surface area (Å²) in [7, 11) is 0. The van der Waals surface area contributed by atoms with Gasteiger partial charge in [0.05, 0.1) is 10.9 Å². The lowest BCUT2D eigenvalue weighted by Gasteiger charge is -2.23. The Labute approximate surface area is 113 Å². The molecule has 0 radical (unpaired) electrons. The molecule has 2 rings (SSSR count). The summed E-state index contributed by atoms with van der Waals surface area (Å²) in [4.78, 5) is 14.6. The van der Waals surface area contributed by atoms with Crippen molar-refractivity contribution < 1.29 is 4.79 Å². The van der Waals surface area contributed by atoms with Crippen molar-refractivity contribution in [3.63, 3.8) is 0 Å². The van der Waals surface area contributed by atoms with Gasteiger partial charge in [-0.15, -0.1) is 0 Å². The quantitative estimate of drug-likeness (QED) is 0.847. The number of hydrogen-bond donors (Lipinski definition) is 1. The van der Waals surface area contributed by atoms with E-state index < -0.39 is 0 Å². The molecule has 0 fully saturated rings. The fourth-order valence-corrected chi connectivity index (χ4v) is 2.65. The zero-order valence-corrected chi connectivity index (χ0v) is 11.4. The normalized spacial score (nSPS) is 15.3. The smallest absolute Gasteiger partial charge is 0.236 e. The van der Waals surface area contributed by atoms with Gasteiger partial charge in [0.25, 0.3) is 0 Å². The molecule has 3 nitrogen and oxygen atoms in total. The van der Waals surface area contributed by atoms with Gasteiger partial charge in [0, 0.05) is 12.2 Å². The molecule has 0 saturated heterocycles. The van der Waals surface area contributed by atoms with E-state index in [1.807, 2.05) is 30.0 Å². The van der Waals surface area contributed by atoms with Crippen LogP contribution in [-0.2, 0) is 11.2 Å². The number of thiocarbonyl (C=S) groups is 1. The first-order valence-electron chi connectivity index (χ1n) is 6.33. The summed E-state index contributed by atoms with van der Waals surface area (Å²) < 4.78 is 0. The van der Waals surface area contributed by atoms with Crippen LogP contribution in [-0.4, -0.2) is 17.4 Å². The lowest BCUT2D eigenvalue weighted by atomic mass is 10.0. The molecule has 96 valence electrons. The van der Waals surface area contributed by atoms with E-state index in [1.165, 1.54) is 5.56 Å². The van der Waals surface area contributed by atoms with E-state index >= 15 is 0 Å². The van der Waals surface area contributed by atoms with Gasteiger partial charge < -0.3 is 10.6 Å². The van der Waals surface area contributed by atoms with Gasteiger partial charge >= 0.3 is 0 Å². The largest absolute Gasteiger partial charge is 0.393 e. The van der Waals surface area contributed by atoms with Crippen molar-refractivity contribution >= 4 is 28.8 Å². The van der Waals surface area contributed by atoms with E-state index in [9.17, 15) is 4.79 Å². The summed E-state index contributed by atoms with van der Waals surface area (Å²) in [5.41, 5.74) is 7.93. The van der Waals surface area contributed by atoms with Crippen LogP contribution in [0.25, 0.3) is 0 Å². The van der Waals surface area contributed by atoms with Crippen molar-refractivity contribution in [1.82, 2.24) is 0 Å². The highest BCUT2D eigenvalue weighted by atomic mass is 32.1. The minimum Gasteiger partial charge on any atom is -0.393 e. The van der Waals surface area contributed by atoms with Crippen LogP contribution in [0, 0.1) is 5.92 Å².